The second-order valence-corrected chi connectivity index (χ2v) is 12.6. The van der Waals surface area contributed by atoms with Crippen molar-refractivity contribution in [3.05, 3.63) is 94.1 Å². The minimum absolute atomic E-state index is 0.0516. The van der Waals surface area contributed by atoms with Crippen molar-refractivity contribution >= 4 is 44.1 Å². The molecule has 0 spiro atoms. The maximum atomic E-state index is 13.7. The monoisotopic (exact) mass is 554 g/mol. The van der Waals surface area contributed by atoms with Crippen LogP contribution in [-0.2, 0) is 15.0 Å². The number of fused-ring (bicyclic) bond motifs is 1. The van der Waals surface area contributed by atoms with Crippen molar-refractivity contribution in [3.8, 4) is 5.75 Å². The first-order valence-electron chi connectivity index (χ1n) is 13.4. The molecule has 7 heteroatoms. The van der Waals surface area contributed by atoms with E-state index in [-0.39, 0.29) is 22.7 Å². The number of rotatable bonds is 5. The molecule has 0 bridgehead atoms. The van der Waals surface area contributed by atoms with Crippen LogP contribution >= 0.6 is 11.3 Å². The summed E-state index contributed by atoms with van der Waals surface area (Å²) in [6.45, 7) is 12.3. The third-order valence-corrected chi connectivity index (χ3v) is 8.52. The van der Waals surface area contributed by atoms with Crippen LogP contribution in [-0.4, -0.2) is 28.9 Å². The van der Waals surface area contributed by atoms with E-state index in [0.29, 0.717) is 16.4 Å². The Morgan fingerprint density at radius 2 is 1.73 bits per heavy atom. The number of carbonyl (C=O) groups excluding carboxylic acids is 2. The molecule has 6 nitrogen and oxygen atoms in total. The zero-order valence-electron chi connectivity index (χ0n) is 23.9. The van der Waals surface area contributed by atoms with E-state index in [2.05, 4.69) is 20.8 Å². The van der Waals surface area contributed by atoms with E-state index in [0.717, 1.165) is 32.5 Å². The van der Waals surface area contributed by atoms with Gasteiger partial charge in [0.2, 0.25) is 0 Å². The first-order valence-corrected chi connectivity index (χ1v) is 14.2. The number of aliphatic hydroxyl groups is 1. The third-order valence-electron chi connectivity index (χ3n) is 7.48. The summed E-state index contributed by atoms with van der Waals surface area (Å²) in [7, 11) is 1.62. The van der Waals surface area contributed by atoms with Crippen molar-refractivity contribution in [2.24, 2.45) is 0 Å². The number of aromatic nitrogens is 1. The van der Waals surface area contributed by atoms with Gasteiger partial charge in [-0.2, -0.15) is 0 Å². The summed E-state index contributed by atoms with van der Waals surface area (Å²) < 4.78 is 6.50. The van der Waals surface area contributed by atoms with Gasteiger partial charge in [-0.3, -0.25) is 14.5 Å². The van der Waals surface area contributed by atoms with Crippen LogP contribution in [0.25, 0.3) is 16.0 Å². The lowest BCUT2D eigenvalue weighted by atomic mass is 9.85. The van der Waals surface area contributed by atoms with Gasteiger partial charge in [0.15, 0.2) is 5.13 Å². The lowest BCUT2D eigenvalue weighted by molar-refractivity contribution is -0.132. The molecule has 1 atom stereocenters. The number of ketones is 1. The van der Waals surface area contributed by atoms with E-state index < -0.39 is 17.7 Å². The lowest BCUT2D eigenvalue weighted by Crippen LogP contribution is -2.29. The Balaban J connectivity index is 1.75. The van der Waals surface area contributed by atoms with Crippen LogP contribution in [0.2, 0.25) is 0 Å². The average Bonchev–Trinajstić information content (AvgIpc) is 3.45. The predicted octanol–water partition coefficient (Wildman–Crippen LogP) is 7.66. The Kier molecular flexibility index (Phi) is 7.04. The first-order chi connectivity index (χ1) is 18.9. The number of Topliss-reactive ketones (excluding diaryl/α,β-unsaturated/α-hetero) is 1. The number of methoxy groups -OCH3 is 1. The van der Waals surface area contributed by atoms with Gasteiger partial charge in [-0.05, 0) is 64.8 Å². The summed E-state index contributed by atoms with van der Waals surface area (Å²) in [6.07, 6.45) is 0. The number of benzene rings is 3. The number of hydrogen-bond donors (Lipinski definition) is 1. The van der Waals surface area contributed by atoms with Crippen LogP contribution in [0.3, 0.4) is 0 Å². The van der Waals surface area contributed by atoms with Gasteiger partial charge in [-0.1, -0.05) is 82.4 Å². The Morgan fingerprint density at radius 3 is 2.33 bits per heavy atom. The molecule has 1 unspecified atom stereocenters. The molecule has 0 radical (unpaired) electrons. The molecule has 3 aromatic carbocycles. The van der Waals surface area contributed by atoms with E-state index in [4.69, 9.17) is 9.72 Å². The Bertz CT molecular complexity index is 1630. The van der Waals surface area contributed by atoms with E-state index in [1.807, 2.05) is 81.4 Å². The summed E-state index contributed by atoms with van der Waals surface area (Å²) in [5.74, 6) is -0.807. The second kappa shape index (κ2) is 10.2. The molecule has 1 aliphatic rings. The first kappa shape index (κ1) is 27.6. The fraction of sp³-hybridized carbons (Fsp3) is 0.303. The van der Waals surface area contributed by atoms with Crippen molar-refractivity contribution < 1.29 is 19.4 Å². The van der Waals surface area contributed by atoms with Gasteiger partial charge in [0.1, 0.15) is 11.5 Å². The lowest BCUT2D eigenvalue weighted by Gasteiger charge is -2.25. The molecule has 206 valence electrons. The molecular weight excluding hydrogens is 520 g/mol. The molecule has 1 saturated heterocycles. The van der Waals surface area contributed by atoms with E-state index >= 15 is 0 Å². The van der Waals surface area contributed by atoms with Crippen LogP contribution in [0.4, 0.5) is 5.13 Å². The summed E-state index contributed by atoms with van der Waals surface area (Å²) in [4.78, 5) is 33.5. The molecule has 1 amide bonds. The van der Waals surface area contributed by atoms with Gasteiger partial charge in [-0.25, -0.2) is 4.98 Å². The average molecular weight is 555 g/mol. The SMILES string of the molecule is COc1cc(C)c(/C(O)=C2\C(=O)C(=O)N(c3nc4ccccc4s3)C2c2ccc(C(C)(C)C)cc2)cc1C(C)C. The number of anilines is 1. The van der Waals surface area contributed by atoms with Crippen molar-refractivity contribution in [2.45, 2.75) is 58.9 Å². The summed E-state index contributed by atoms with van der Waals surface area (Å²) in [5, 5.41) is 12.2. The Morgan fingerprint density at radius 1 is 1.05 bits per heavy atom. The molecule has 40 heavy (non-hydrogen) atoms. The normalized spacial score (nSPS) is 17.3. The van der Waals surface area contributed by atoms with E-state index in [1.165, 1.54) is 16.2 Å². The maximum absolute atomic E-state index is 13.7. The number of hydrogen-bond acceptors (Lipinski definition) is 6. The fourth-order valence-corrected chi connectivity index (χ4v) is 6.19. The molecule has 1 aliphatic heterocycles. The molecule has 5 rings (SSSR count). The highest BCUT2D eigenvalue weighted by Gasteiger charge is 2.48. The van der Waals surface area contributed by atoms with Crippen LogP contribution < -0.4 is 9.64 Å². The number of amides is 1. The number of thiazole rings is 1. The highest BCUT2D eigenvalue weighted by atomic mass is 32.1. The summed E-state index contributed by atoms with van der Waals surface area (Å²) >= 11 is 1.35. The minimum atomic E-state index is -0.835. The molecule has 1 fully saturated rings. The number of carbonyl (C=O) groups is 2. The van der Waals surface area contributed by atoms with Gasteiger partial charge in [0, 0.05) is 5.56 Å². The van der Waals surface area contributed by atoms with Gasteiger partial charge in [0.25, 0.3) is 5.78 Å². The van der Waals surface area contributed by atoms with E-state index in [9.17, 15) is 14.7 Å². The maximum Gasteiger partial charge on any atom is 0.301 e. The van der Waals surface area contributed by atoms with Gasteiger partial charge >= 0.3 is 5.91 Å². The predicted molar refractivity (Wildman–Crippen MR) is 161 cm³/mol. The van der Waals surface area contributed by atoms with Crippen LogP contribution in [0.5, 0.6) is 5.75 Å². The smallest absolute Gasteiger partial charge is 0.301 e. The van der Waals surface area contributed by atoms with Crippen molar-refractivity contribution in [1.29, 1.82) is 0 Å². The van der Waals surface area contributed by atoms with Gasteiger partial charge in [0.05, 0.1) is 28.9 Å². The number of aliphatic hydroxyl groups excluding tert-OH is 1. The van der Waals surface area contributed by atoms with E-state index in [1.54, 1.807) is 7.11 Å². The van der Waals surface area contributed by atoms with Crippen molar-refractivity contribution in [3.63, 3.8) is 0 Å². The van der Waals surface area contributed by atoms with Crippen molar-refractivity contribution in [1.82, 2.24) is 4.98 Å². The Labute approximate surface area is 238 Å². The third kappa shape index (κ3) is 4.68. The topological polar surface area (TPSA) is 79.7 Å². The van der Waals surface area contributed by atoms with Gasteiger partial charge in [-0.15, -0.1) is 0 Å². The van der Waals surface area contributed by atoms with Crippen LogP contribution in [0, 0.1) is 6.92 Å². The minimum Gasteiger partial charge on any atom is -0.507 e. The molecule has 1 aromatic heterocycles. The number of nitrogens with zero attached hydrogens (tertiary/aromatic N) is 2. The molecule has 4 aromatic rings. The molecule has 1 N–H and O–H groups in total. The zero-order valence-corrected chi connectivity index (χ0v) is 24.7. The van der Waals surface area contributed by atoms with Crippen molar-refractivity contribution in [2.75, 3.05) is 12.0 Å². The largest absolute Gasteiger partial charge is 0.507 e. The number of ether oxygens (including phenoxy) is 1. The van der Waals surface area contributed by atoms with Crippen LogP contribution in [0.1, 0.15) is 74.4 Å². The fourth-order valence-electron chi connectivity index (χ4n) is 5.20. The standard InChI is InChI=1S/C33H34N2O4S/c1-18(2)22-17-23(19(3)16-25(22)39-7)29(36)27-28(20-12-14-21(15-13-20)33(4,5)6)35(31(38)30(27)37)32-34-24-10-8-9-11-26(24)40-32/h8-18,28,36H,1-7H3/b29-27+. The highest BCUT2D eigenvalue weighted by Crippen LogP contribution is 2.45. The summed E-state index contributed by atoms with van der Waals surface area (Å²) in [6, 6.07) is 18.4. The van der Waals surface area contributed by atoms with Crippen LogP contribution in [0.15, 0.2) is 66.2 Å². The Hall–Kier alpha value is -3.97. The number of aryl methyl sites for hydroxylation is 1. The quantitative estimate of drug-likeness (QED) is 0.156. The number of para-hydroxylation sites is 1. The highest BCUT2D eigenvalue weighted by molar-refractivity contribution is 7.22. The molecule has 2 heterocycles. The molecule has 0 aliphatic carbocycles. The van der Waals surface area contributed by atoms with Gasteiger partial charge < -0.3 is 9.84 Å². The molecule has 0 saturated carbocycles. The zero-order chi connectivity index (χ0) is 28.9. The summed E-state index contributed by atoms with van der Waals surface area (Å²) in [5.41, 5.74) is 4.73. The second-order valence-electron chi connectivity index (χ2n) is 11.6. The molecular formula is C33H34N2O4S.